The fourth-order valence-electron chi connectivity index (χ4n) is 3.78. The Hall–Kier alpha value is -2.04. The average Bonchev–Trinajstić information content (AvgIpc) is 2.69. The van der Waals surface area contributed by atoms with Crippen molar-refractivity contribution < 1.29 is 4.74 Å². The molecule has 0 unspecified atom stereocenters. The zero-order valence-corrected chi connectivity index (χ0v) is 16.9. The van der Waals surface area contributed by atoms with Gasteiger partial charge < -0.3 is 15.4 Å². The van der Waals surface area contributed by atoms with Crippen LogP contribution in [0.5, 0.6) is 0 Å². The van der Waals surface area contributed by atoms with Crippen LogP contribution >= 0.6 is 11.6 Å². The van der Waals surface area contributed by atoms with Gasteiger partial charge in [0.1, 0.15) is 0 Å². The number of aliphatic imine (C=N–C) groups is 1. The lowest BCUT2D eigenvalue weighted by Crippen LogP contribution is -2.48. The molecule has 0 atom stereocenters. The number of nitrogens with zero attached hydrogens (tertiary/aromatic N) is 1. The fourth-order valence-corrected chi connectivity index (χ4v) is 3.99. The van der Waals surface area contributed by atoms with Crippen LogP contribution in [0.1, 0.15) is 29.5 Å². The number of hydrogen-bond acceptors (Lipinski definition) is 2. The van der Waals surface area contributed by atoms with Crippen LogP contribution in [0.4, 0.5) is 0 Å². The molecule has 0 spiro atoms. The first-order valence-electron chi connectivity index (χ1n) is 9.46. The molecule has 144 valence electrons. The first-order valence-corrected chi connectivity index (χ1v) is 9.84. The van der Waals surface area contributed by atoms with E-state index in [9.17, 15) is 0 Å². The predicted molar refractivity (Wildman–Crippen MR) is 113 cm³/mol. The zero-order chi connectivity index (χ0) is 19.1. The molecule has 0 aliphatic carbocycles. The van der Waals surface area contributed by atoms with E-state index in [1.807, 2.05) is 18.2 Å². The van der Waals surface area contributed by atoms with Gasteiger partial charge in [0.2, 0.25) is 0 Å². The van der Waals surface area contributed by atoms with Crippen molar-refractivity contribution in [1.82, 2.24) is 10.6 Å². The monoisotopic (exact) mass is 385 g/mol. The van der Waals surface area contributed by atoms with Gasteiger partial charge in [-0.05, 0) is 48.6 Å². The molecule has 3 rings (SSSR count). The quantitative estimate of drug-likeness (QED) is 0.602. The Labute approximate surface area is 167 Å². The van der Waals surface area contributed by atoms with Crippen molar-refractivity contribution >= 4 is 17.6 Å². The minimum Gasteiger partial charge on any atom is -0.381 e. The molecule has 2 aromatic rings. The molecule has 27 heavy (non-hydrogen) atoms. The molecule has 2 aromatic carbocycles. The number of nitrogens with one attached hydrogen (secondary N) is 2. The van der Waals surface area contributed by atoms with Crippen LogP contribution in [0.3, 0.4) is 0 Å². The lowest BCUT2D eigenvalue weighted by Gasteiger charge is -2.39. The van der Waals surface area contributed by atoms with E-state index in [1.165, 1.54) is 11.1 Å². The number of aryl methyl sites for hydroxylation is 1. The molecule has 0 amide bonds. The Kier molecular flexibility index (Phi) is 6.75. The maximum absolute atomic E-state index is 6.07. The van der Waals surface area contributed by atoms with Crippen molar-refractivity contribution in [3.8, 4) is 0 Å². The summed E-state index contributed by atoms with van der Waals surface area (Å²) in [5.74, 6) is 0.800. The molecule has 2 N–H and O–H groups in total. The van der Waals surface area contributed by atoms with Gasteiger partial charge in [0.15, 0.2) is 5.96 Å². The Morgan fingerprint density at radius 1 is 1.11 bits per heavy atom. The molecule has 1 aliphatic heterocycles. The molecule has 1 heterocycles. The topological polar surface area (TPSA) is 45.7 Å². The molecular formula is C22H28ClN3O. The van der Waals surface area contributed by atoms with E-state index in [0.717, 1.165) is 49.1 Å². The molecule has 0 aromatic heterocycles. The van der Waals surface area contributed by atoms with Crippen molar-refractivity contribution in [3.63, 3.8) is 0 Å². The maximum atomic E-state index is 6.07. The summed E-state index contributed by atoms with van der Waals surface area (Å²) in [7, 11) is 1.80. The molecule has 0 saturated carbocycles. The molecule has 4 nitrogen and oxygen atoms in total. The second-order valence-electron chi connectivity index (χ2n) is 7.12. The van der Waals surface area contributed by atoms with Gasteiger partial charge in [0.05, 0.1) is 0 Å². The van der Waals surface area contributed by atoms with Crippen molar-refractivity contribution in [2.24, 2.45) is 4.99 Å². The van der Waals surface area contributed by atoms with Gasteiger partial charge in [-0.15, -0.1) is 0 Å². The first kappa shape index (κ1) is 19.7. The minimum atomic E-state index is 0.0667. The highest BCUT2D eigenvalue weighted by Crippen LogP contribution is 2.36. The van der Waals surface area contributed by atoms with E-state index in [4.69, 9.17) is 16.3 Å². The van der Waals surface area contributed by atoms with E-state index in [2.05, 4.69) is 52.9 Å². The third-order valence-electron chi connectivity index (χ3n) is 5.33. The zero-order valence-electron chi connectivity index (χ0n) is 16.1. The SMILES string of the molecule is CN=C(NCc1cccc(Cl)c1)NCC1(c2ccccc2C)CCOCC1. The Morgan fingerprint density at radius 3 is 2.59 bits per heavy atom. The Balaban J connectivity index is 1.68. The number of hydrogen-bond donors (Lipinski definition) is 2. The standard InChI is InChI=1S/C22H28ClN3O/c1-17-6-3-4-9-20(17)22(10-12-27-13-11-22)16-26-21(24-2)25-15-18-7-5-8-19(23)14-18/h3-9,14H,10-13,15-16H2,1-2H3,(H2,24,25,26). The highest BCUT2D eigenvalue weighted by atomic mass is 35.5. The Bertz CT molecular complexity index is 785. The summed E-state index contributed by atoms with van der Waals surface area (Å²) in [6, 6.07) is 16.5. The Morgan fingerprint density at radius 2 is 1.89 bits per heavy atom. The molecule has 5 heteroatoms. The van der Waals surface area contributed by atoms with Gasteiger partial charge in [0, 0.05) is 43.8 Å². The van der Waals surface area contributed by atoms with E-state index >= 15 is 0 Å². The second kappa shape index (κ2) is 9.25. The lowest BCUT2D eigenvalue weighted by atomic mass is 9.72. The van der Waals surface area contributed by atoms with Gasteiger partial charge in [-0.2, -0.15) is 0 Å². The third kappa shape index (κ3) is 5.02. The van der Waals surface area contributed by atoms with Crippen molar-refractivity contribution in [3.05, 3.63) is 70.2 Å². The van der Waals surface area contributed by atoms with Gasteiger partial charge in [0.25, 0.3) is 0 Å². The molecule has 1 saturated heterocycles. The van der Waals surface area contributed by atoms with Crippen LogP contribution in [-0.2, 0) is 16.7 Å². The highest BCUT2D eigenvalue weighted by molar-refractivity contribution is 6.30. The van der Waals surface area contributed by atoms with Gasteiger partial charge in [-0.3, -0.25) is 4.99 Å². The number of rotatable bonds is 5. The number of benzene rings is 2. The normalized spacial score (nSPS) is 16.8. The summed E-state index contributed by atoms with van der Waals surface area (Å²) >= 11 is 6.07. The predicted octanol–water partition coefficient (Wildman–Crippen LogP) is 4.06. The second-order valence-corrected chi connectivity index (χ2v) is 7.55. The first-order chi connectivity index (χ1) is 13.1. The third-order valence-corrected chi connectivity index (χ3v) is 5.57. The van der Waals surface area contributed by atoms with Crippen LogP contribution in [0.2, 0.25) is 5.02 Å². The molecule has 0 radical (unpaired) electrons. The summed E-state index contributed by atoms with van der Waals surface area (Å²) in [6.07, 6.45) is 2.02. The lowest BCUT2D eigenvalue weighted by molar-refractivity contribution is 0.0512. The maximum Gasteiger partial charge on any atom is 0.191 e. The number of halogens is 1. The van der Waals surface area contributed by atoms with E-state index < -0.39 is 0 Å². The van der Waals surface area contributed by atoms with Gasteiger partial charge in [-0.25, -0.2) is 0 Å². The minimum absolute atomic E-state index is 0.0667. The number of guanidine groups is 1. The largest absolute Gasteiger partial charge is 0.381 e. The summed E-state index contributed by atoms with van der Waals surface area (Å²) in [4.78, 5) is 4.39. The van der Waals surface area contributed by atoms with Crippen LogP contribution in [0.15, 0.2) is 53.5 Å². The smallest absolute Gasteiger partial charge is 0.191 e. The van der Waals surface area contributed by atoms with Crippen LogP contribution in [0, 0.1) is 6.92 Å². The molecular weight excluding hydrogens is 358 g/mol. The van der Waals surface area contributed by atoms with Gasteiger partial charge in [-0.1, -0.05) is 48.0 Å². The summed E-state index contributed by atoms with van der Waals surface area (Å²) in [5, 5.41) is 7.67. The summed E-state index contributed by atoms with van der Waals surface area (Å²) in [5.41, 5.74) is 3.94. The van der Waals surface area contributed by atoms with E-state index in [1.54, 1.807) is 7.05 Å². The van der Waals surface area contributed by atoms with Crippen LogP contribution in [0.25, 0.3) is 0 Å². The van der Waals surface area contributed by atoms with Crippen molar-refractivity contribution in [2.75, 3.05) is 26.8 Å². The summed E-state index contributed by atoms with van der Waals surface area (Å²) < 4.78 is 5.65. The molecule has 1 fully saturated rings. The van der Waals surface area contributed by atoms with Gasteiger partial charge >= 0.3 is 0 Å². The van der Waals surface area contributed by atoms with E-state index in [-0.39, 0.29) is 5.41 Å². The van der Waals surface area contributed by atoms with Crippen LogP contribution in [-0.4, -0.2) is 32.8 Å². The fraction of sp³-hybridized carbons (Fsp3) is 0.409. The number of ether oxygens (including phenoxy) is 1. The van der Waals surface area contributed by atoms with E-state index in [0.29, 0.717) is 6.54 Å². The molecule has 0 bridgehead atoms. The van der Waals surface area contributed by atoms with Crippen molar-refractivity contribution in [1.29, 1.82) is 0 Å². The van der Waals surface area contributed by atoms with Crippen LogP contribution < -0.4 is 10.6 Å². The molecule has 1 aliphatic rings. The average molecular weight is 386 g/mol. The highest BCUT2D eigenvalue weighted by Gasteiger charge is 2.35. The summed E-state index contributed by atoms with van der Waals surface area (Å²) in [6.45, 7) is 5.30. The van der Waals surface area contributed by atoms with Crippen molar-refractivity contribution in [2.45, 2.75) is 31.7 Å².